The van der Waals surface area contributed by atoms with Gasteiger partial charge in [-0.25, -0.2) is 0 Å². The Balaban J connectivity index is 2.56. The van der Waals surface area contributed by atoms with Crippen LogP contribution in [0.4, 0.5) is 0 Å². The minimum Gasteiger partial charge on any atom is -0.480 e. The molecule has 0 aliphatic carbocycles. The standard InChI is InChI=1S/C10H20N2O2/c1-3-5-9(10(13)14)12(4-2)8-6-11-7-8/h8-9,11H,3-7H2,1-2H3,(H,13,14). The molecule has 0 spiro atoms. The van der Waals surface area contributed by atoms with Crippen LogP contribution in [0.5, 0.6) is 0 Å². The van der Waals surface area contributed by atoms with Crippen LogP contribution in [-0.4, -0.2) is 47.7 Å². The van der Waals surface area contributed by atoms with Gasteiger partial charge in [-0.3, -0.25) is 9.69 Å². The van der Waals surface area contributed by atoms with Crippen LogP contribution in [0.15, 0.2) is 0 Å². The van der Waals surface area contributed by atoms with E-state index in [-0.39, 0.29) is 6.04 Å². The second-order valence-electron chi connectivity index (χ2n) is 3.79. The summed E-state index contributed by atoms with van der Waals surface area (Å²) in [5, 5.41) is 12.3. The van der Waals surface area contributed by atoms with Crippen molar-refractivity contribution in [2.75, 3.05) is 19.6 Å². The first-order chi connectivity index (χ1) is 6.70. The van der Waals surface area contributed by atoms with Gasteiger partial charge in [-0.05, 0) is 13.0 Å². The third-order valence-electron chi connectivity index (χ3n) is 2.84. The van der Waals surface area contributed by atoms with Gasteiger partial charge in [0.05, 0.1) is 0 Å². The van der Waals surface area contributed by atoms with Crippen LogP contribution in [0.1, 0.15) is 26.7 Å². The summed E-state index contributed by atoms with van der Waals surface area (Å²) in [6.07, 6.45) is 1.67. The number of hydrogen-bond donors (Lipinski definition) is 2. The van der Waals surface area contributed by atoms with Crippen LogP contribution < -0.4 is 5.32 Å². The zero-order valence-corrected chi connectivity index (χ0v) is 8.99. The van der Waals surface area contributed by atoms with Gasteiger partial charge in [0.15, 0.2) is 0 Å². The zero-order valence-electron chi connectivity index (χ0n) is 8.99. The molecular formula is C10H20N2O2. The van der Waals surface area contributed by atoms with Crippen molar-refractivity contribution in [3.63, 3.8) is 0 Å². The molecule has 14 heavy (non-hydrogen) atoms. The average Bonchev–Trinajstić information content (AvgIpc) is 2.07. The summed E-state index contributed by atoms with van der Waals surface area (Å²) in [5.41, 5.74) is 0. The summed E-state index contributed by atoms with van der Waals surface area (Å²) in [5.74, 6) is -0.680. The van der Waals surface area contributed by atoms with Crippen molar-refractivity contribution in [1.82, 2.24) is 10.2 Å². The van der Waals surface area contributed by atoms with Crippen molar-refractivity contribution in [1.29, 1.82) is 0 Å². The molecule has 1 unspecified atom stereocenters. The predicted octanol–water partition coefficient (Wildman–Crippen LogP) is 0.533. The van der Waals surface area contributed by atoms with Gasteiger partial charge in [0.25, 0.3) is 0 Å². The lowest BCUT2D eigenvalue weighted by Crippen LogP contribution is -2.61. The Morgan fingerprint density at radius 3 is 2.50 bits per heavy atom. The van der Waals surface area contributed by atoms with Gasteiger partial charge in [-0.15, -0.1) is 0 Å². The van der Waals surface area contributed by atoms with Crippen molar-refractivity contribution in [2.45, 2.75) is 38.8 Å². The number of carbonyl (C=O) groups is 1. The molecule has 0 radical (unpaired) electrons. The van der Waals surface area contributed by atoms with E-state index in [1.807, 2.05) is 13.8 Å². The molecule has 1 saturated heterocycles. The number of carboxylic acid groups (broad SMARTS) is 1. The zero-order chi connectivity index (χ0) is 10.6. The Morgan fingerprint density at radius 1 is 1.57 bits per heavy atom. The van der Waals surface area contributed by atoms with Gasteiger partial charge in [-0.1, -0.05) is 20.3 Å². The molecular weight excluding hydrogens is 180 g/mol. The fourth-order valence-electron chi connectivity index (χ4n) is 1.95. The van der Waals surface area contributed by atoms with Gasteiger partial charge in [-0.2, -0.15) is 0 Å². The summed E-state index contributed by atoms with van der Waals surface area (Å²) < 4.78 is 0. The second-order valence-corrected chi connectivity index (χ2v) is 3.79. The number of carboxylic acids is 1. The second kappa shape index (κ2) is 5.32. The maximum absolute atomic E-state index is 11.1. The fourth-order valence-corrected chi connectivity index (χ4v) is 1.95. The molecule has 1 aliphatic heterocycles. The number of aliphatic carboxylic acids is 1. The molecule has 1 aliphatic rings. The van der Waals surface area contributed by atoms with Gasteiger partial charge < -0.3 is 10.4 Å². The number of rotatable bonds is 6. The molecule has 4 heteroatoms. The average molecular weight is 200 g/mol. The van der Waals surface area contributed by atoms with Crippen LogP contribution in [0.3, 0.4) is 0 Å². The molecule has 0 aromatic carbocycles. The number of likely N-dealkylation sites (N-methyl/N-ethyl adjacent to an activating group) is 1. The van der Waals surface area contributed by atoms with Crippen molar-refractivity contribution < 1.29 is 9.90 Å². The van der Waals surface area contributed by atoms with Crippen LogP contribution in [0.25, 0.3) is 0 Å². The van der Waals surface area contributed by atoms with Gasteiger partial charge in [0, 0.05) is 19.1 Å². The lowest BCUT2D eigenvalue weighted by atomic mass is 10.0. The first kappa shape index (κ1) is 11.5. The van der Waals surface area contributed by atoms with E-state index >= 15 is 0 Å². The molecule has 2 N–H and O–H groups in total. The highest BCUT2D eigenvalue weighted by Crippen LogP contribution is 2.14. The summed E-state index contributed by atoms with van der Waals surface area (Å²) >= 11 is 0. The lowest BCUT2D eigenvalue weighted by molar-refractivity contribution is -0.145. The Labute approximate surface area is 85.3 Å². The highest BCUT2D eigenvalue weighted by molar-refractivity contribution is 5.73. The number of nitrogens with one attached hydrogen (secondary N) is 1. The van der Waals surface area contributed by atoms with E-state index in [4.69, 9.17) is 5.11 Å². The summed E-state index contributed by atoms with van der Waals surface area (Å²) in [7, 11) is 0. The smallest absolute Gasteiger partial charge is 0.320 e. The molecule has 1 rings (SSSR count). The minimum atomic E-state index is -0.680. The van der Waals surface area contributed by atoms with Crippen LogP contribution in [0, 0.1) is 0 Å². The highest BCUT2D eigenvalue weighted by atomic mass is 16.4. The van der Waals surface area contributed by atoms with E-state index in [1.54, 1.807) is 0 Å². The topological polar surface area (TPSA) is 52.6 Å². The maximum Gasteiger partial charge on any atom is 0.320 e. The van der Waals surface area contributed by atoms with Gasteiger partial charge >= 0.3 is 5.97 Å². The largest absolute Gasteiger partial charge is 0.480 e. The first-order valence-corrected chi connectivity index (χ1v) is 5.40. The monoisotopic (exact) mass is 200 g/mol. The van der Waals surface area contributed by atoms with Gasteiger partial charge in [0.2, 0.25) is 0 Å². The number of nitrogens with zero attached hydrogens (tertiary/aromatic N) is 1. The third-order valence-corrected chi connectivity index (χ3v) is 2.84. The molecule has 0 bridgehead atoms. The molecule has 4 nitrogen and oxygen atoms in total. The third kappa shape index (κ3) is 2.45. The molecule has 0 amide bonds. The highest BCUT2D eigenvalue weighted by Gasteiger charge is 2.32. The SMILES string of the molecule is CCCC(C(=O)O)N(CC)C1CNC1. The van der Waals surface area contributed by atoms with Crippen LogP contribution in [0.2, 0.25) is 0 Å². The molecule has 1 heterocycles. The molecule has 1 atom stereocenters. The van der Waals surface area contributed by atoms with Crippen LogP contribution >= 0.6 is 0 Å². The van der Waals surface area contributed by atoms with E-state index in [0.717, 1.165) is 32.5 Å². The van der Waals surface area contributed by atoms with Crippen molar-refractivity contribution in [2.24, 2.45) is 0 Å². The Morgan fingerprint density at radius 2 is 2.21 bits per heavy atom. The van der Waals surface area contributed by atoms with E-state index in [0.29, 0.717) is 6.04 Å². The van der Waals surface area contributed by atoms with Crippen molar-refractivity contribution in [3.8, 4) is 0 Å². The van der Waals surface area contributed by atoms with Crippen molar-refractivity contribution in [3.05, 3.63) is 0 Å². The predicted molar refractivity (Wildman–Crippen MR) is 55.4 cm³/mol. The quantitative estimate of drug-likeness (QED) is 0.657. The van der Waals surface area contributed by atoms with E-state index in [1.165, 1.54) is 0 Å². The molecule has 1 fully saturated rings. The normalized spacial score (nSPS) is 19.4. The Bertz CT molecular complexity index is 193. The molecule has 0 aromatic heterocycles. The van der Waals surface area contributed by atoms with E-state index in [9.17, 15) is 4.79 Å². The molecule has 82 valence electrons. The fraction of sp³-hybridized carbons (Fsp3) is 0.900. The molecule has 0 saturated carbocycles. The lowest BCUT2D eigenvalue weighted by Gasteiger charge is -2.40. The maximum atomic E-state index is 11.1. The minimum absolute atomic E-state index is 0.294. The Kier molecular flexibility index (Phi) is 4.35. The number of hydrogen-bond acceptors (Lipinski definition) is 3. The summed E-state index contributed by atoms with van der Waals surface area (Å²) in [6, 6.07) is 0.129. The van der Waals surface area contributed by atoms with E-state index < -0.39 is 5.97 Å². The van der Waals surface area contributed by atoms with E-state index in [2.05, 4.69) is 10.2 Å². The molecule has 0 aromatic rings. The van der Waals surface area contributed by atoms with Crippen LogP contribution in [-0.2, 0) is 4.79 Å². The summed E-state index contributed by atoms with van der Waals surface area (Å²) in [6.45, 7) is 6.75. The first-order valence-electron chi connectivity index (χ1n) is 5.40. The van der Waals surface area contributed by atoms with Gasteiger partial charge in [0.1, 0.15) is 6.04 Å². The van der Waals surface area contributed by atoms with Crippen molar-refractivity contribution >= 4 is 5.97 Å². The Hall–Kier alpha value is -0.610. The summed E-state index contributed by atoms with van der Waals surface area (Å²) in [4.78, 5) is 13.2.